The Balaban J connectivity index is 1.95. The van der Waals surface area contributed by atoms with E-state index in [2.05, 4.69) is 16.4 Å². The molecular formula is C20H14N6. The summed E-state index contributed by atoms with van der Waals surface area (Å²) < 4.78 is 0. The van der Waals surface area contributed by atoms with Gasteiger partial charge in [-0.1, -0.05) is 0 Å². The van der Waals surface area contributed by atoms with Gasteiger partial charge in [0.25, 0.3) is 0 Å². The zero-order valence-electron chi connectivity index (χ0n) is 13.7. The van der Waals surface area contributed by atoms with Gasteiger partial charge in [0, 0.05) is 34.9 Å². The van der Waals surface area contributed by atoms with Crippen molar-refractivity contribution in [1.82, 2.24) is 4.98 Å². The number of nitrogens with one attached hydrogen (secondary N) is 2. The molecular weight excluding hydrogens is 324 g/mol. The van der Waals surface area contributed by atoms with Gasteiger partial charge in [-0.15, -0.1) is 0 Å². The van der Waals surface area contributed by atoms with E-state index in [9.17, 15) is 5.26 Å². The molecule has 0 saturated carbocycles. The van der Waals surface area contributed by atoms with Crippen LogP contribution in [0.25, 0.3) is 0 Å². The molecule has 6 heteroatoms. The van der Waals surface area contributed by atoms with Crippen LogP contribution in [0.5, 0.6) is 0 Å². The van der Waals surface area contributed by atoms with Crippen LogP contribution in [0.4, 0.5) is 17.1 Å². The first-order valence-electron chi connectivity index (χ1n) is 7.72. The van der Waals surface area contributed by atoms with Crippen LogP contribution in [-0.4, -0.2) is 10.7 Å². The SMILES string of the molecule is N#Cc1ccc(Nc2ccc(N)c(C(=N)c3ccncc3)c2)c(C#N)c1. The molecule has 1 aromatic heterocycles. The maximum Gasteiger partial charge on any atom is 0.101 e. The Morgan fingerprint density at radius 3 is 2.46 bits per heavy atom. The van der Waals surface area contributed by atoms with Crippen LogP contribution in [-0.2, 0) is 0 Å². The third-order valence-corrected chi connectivity index (χ3v) is 3.84. The predicted octanol–water partition coefficient (Wildman–Crippen LogP) is 3.57. The third kappa shape index (κ3) is 3.35. The number of nitrogen functional groups attached to an aromatic ring is 1. The van der Waals surface area contributed by atoms with Gasteiger partial charge in [0.05, 0.1) is 28.6 Å². The molecule has 3 aromatic rings. The largest absolute Gasteiger partial charge is 0.398 e. The zero-order chi connectivity index (χ0) is 18.5. The van der Waals surface area contributed by atoms with Gasteiger partial charge < -0.3 is 11.1 Å². The Kier molecular flexibility index (Phi) is 4.60. The highest BCUT2D eigenvalue weighted by Gasteiger charge is 2.11. The fourth-order valence-electron chi connectivity index (χ4n) is 2.50. The second-order valence-corrected chi connectivity index (χ2v) is 5.52. The molecule has 0 fully saturated rings. The van der Waals surface area contributed by atoms with Gasteiger partial charge in [-0.05, 0) is 48.5 Å². The van der Waals surface area contributed by atoms with E-state index in [1.54, 1.807) is 54.9 Å². The lowest BCUT2D eigenvalue weighted by atomic mass is 10.0. The first kappa shape index (κ1) is 16.7. The molecule has 0 amide bonds. The Morgan fingerprint density at radius 2 is 1.77 bits per heavy atom. The Morgan fingerprint density at radius 1 is 1.00 bits per heavy atom. The summed E-state index contributed by atoms with van der Waals surface area (Å²) in [4.78, 5) is 3.96. The first-order chi connectivity index (χ1) is 12.6. The van der Waals surface area contributed by atoms with Gasteiger partial charge in [-0.25, -0.2) is 0 Å². The summed E-state index contributed by atoms with van der Waals surface area (Å²) in [5.41, 5.74) is 10.2. The molecule has 0 unspecified atom stereocenters. The molecule has 0 radical (unpaired) electrons. The molecule has 0 bridgehead atoms. The number of rotatable bonds is 4. The van der Waals surface area contributed by atoms with Crippen LogP contribution in [0.15, 0.2) is 60.9 Å². The van der Waals surface area contributed by atoms with Crippen molar-refractivity contribution in [2.45, 2.75) is 0 Å². The van der Waals surface area contributed by atoms with Crippen molar-refractivity contribution >= 4 is 22.8 Å². The molecule has 0 aliphatic carbocycles. The Labute approximate surface area is 150 Å². The molecule has 0 spiro atoms. The van der Waals surface area contributed by atoms with Gasteiger partial charge in [0.2, 0.25) is 0 Å². The number of nitrogens with two attached hydrogens (primary N) is 1. The molecule has 0 atom stereocenters. The minimum Gasteiger partial charge on any atom is -0.398 e. The Bertz CT molecular complexity index is 1060. The predicted molar refractivity (Wildman–Crippen MR) is 100 cm³/mol. The second-order valence-electron chi connectivity index (χ2n) is 5.52. The average Bonchev–Trinajstić information content (AvgIpc) is 2.69. The molecule has 6 nitrogen and oxygen atoms in total. The number of nitrogens with zero attached hydrogens (tertiary/aromatic N) is 3. The van der Waals surface area contributed by atoms with E-state index in [4.69, 9.17) is 16.4 Å². The fourth-order valence-corrected chi connectivity index (χ4v) is 2.50. The second kappa shape index (κ2) is 7.16. The van der Waals surface area contributed by atoms with E-state index in [0.717, 1.165) is 0 Å². The standard InChI is InChI=1S/C20H14N6/c21-11-13-1-4-19(15(9-13)12-22)26-16-2-3-18(23)17(10-16)20(24)14-5-7-25-8-6-14/h1-10,24,26H,23H2. The normalized spacial score (nSPS) is 9.77. The molecule has 26 heavy (non-hydrogen) atoms. The van der Waals surface area contributed by atoms with E-state index < -0.39 is 0 Å². The van der Waals surface area contributed by atoms with Gasteiger partial charge in [-0.3, -0.25) is 10.4 Å². The van der Waals surface area contributed by atoms with Crippen LogP contribution in [0.1, 0.15) is 22.3 Å². The topological polar surface area (TPSA) is 122 Å². The number of aromatic nitrogens is 1. The average molecular weight is 338 g/mol. The molecule has 0 aliphatic heterocycles. The molecule has 2 aromatic carbocycles. The molecule has 1 heterocycles. The van der Waals surface area contributed by atoms with Gasteiger partial charge >= 0.3 is 0 Å². The van der Waals surface area contributed by atoms with Crippen LogP contribution >= 0.6 is 0 Å². The number of benzene rings is 2. The summed E-state index contributed by atoms with van der Waals surface area (Å²) in [6, 6.07) is 17.7. The maximum absolute atomic E-state index is 9.29. The van der Waals surface area contributed by atoms with Crippen molar-refractivity contribution in [3.05, 3.63) is 83.2 Å². The summed E-state index contributed by atoms with van der Waals surface area (Å²) in [5.74, 6) is 0. The van der Waals surface area contributed by atoms with Crippen LogP contribution in [0, 0.1) is 28.1 Å². The fraction of sp³-hybridized carbons (Fsp3) is 0. The lowest BCUT2D eigenvalue weighted by Gasteiger charge is -2.13. The highest BCUT2D eigenvalue weighted by molar-refractivity contribution is 6.14. The van der Waals surface area contributed by atoms with Gasteiger partial charge in [0.1, 0.15) is 6.07 Å². The van der Waals surface area contributed by atoms with Crippen LogP contribution in [0.3, 0.4) is 0 Å². The first-order valence-corrected chi connectivity index (χ1v) is 7.72. The minimum atomic E-state index is 0.286. The summed E-state index contributed by atoms with van der Waals surface area (Å²) >= 11 is 0. The van der Waals surface area contributed by atoms with Crippen molar-refractivity contribution in [2.24, 2.45) is 0 Å². The molecule has 124 valence electrons. The van der Waals surface area contributed by atoms with Crippen molar-refractivity contribution in [3.8, 4) is 12.1 Å². The Hall–Kier alpha value is -4.16. The highest BCUT2D eigenvalue weighted by atomic mass is 14.9. The van der Waals surface area contributed by atoms with Crippen molar-refractivity contribution in [1.29, 1.82) is 15.9 Å². The van der Waals surface area contributed by atoms with E-state index in [0.29, 0.717) is 39.3 Å². The lowest BCUT2D eigenvalue weighted by Crippen LogP contribution is -2.06. The third-order valence-electron chi connectivity index (χ3n) is 3.84. The summed E-state index contributed by atoms with van der Waals surface area (Å²) in [6.45, 7) is 0. The lowest BCUT2D eigenvalue weighted by molar-refractivity contribution is 1.31. The summed E-state index contributed by atoms with van der Waals surface area (Å²) in [7, 11) is 0. The summed E-state index contributed by atoms with van der Waals surface area (Å²) in [6.07, 6.45) is 3.25. The molecule has 3 rings (SSSR count). The van der Waals surface area contributed by atoms with E-state index in [-0.39, 0.29) is 5.71 Å². The number of nitriles is 2. The molecule has 4 N–H and O–H groups in total. The van der Waals surface area contributed by atoms with Crippen LogP contribution < -0.4 is 11.1 Å². The number of pyridine rings is 1. The number of hydrogen-bond donors (Lipinski definition) is 3. The van der Waals surface area contributed by atoms with Crippen LogP contribution in [0.2, 0.25) is 0 Å². The highest BCUT2D eigenvalue weighted by Crippen LogP contribution is 2.26. The zero-order valence-corrected chi connectivity index (χ0v) is 13.7. The number of hydrogen-bond acceptors (Lipinski definition) is 6. The molecule has 0 saturated heterocycles. The monoisotopic (exact) mass is 338 g/mol. The minimum absolute atomic E-state index is 0.286. The molecule has 0 aliphatic rings. The summed E-state index contributed by atoms with van der Waals surface area (Å²) in [5, 5.41) is 29.8. The quantitative estimate of drug-likeness (QED) is 0.496. The van der Waals surface area contributed by atoms with E-state index in [1.165, 1.54) is 6.07 Å². The van der Waals surface area contributed by atoms with E-state index >= 15 is 0 Å². The maximum atomic E-state index is 9.29. The van der Waals surface area contributed by atoms with Crippen molar-refractivity contribution in [3.63, 3.8) is 0 Å². The van der Waals surface area contributed by atoms with Crippen molar-refractivity contribution in [2.75, 3.05) is 11.1 Å². The van der Waals surface area contributed by atoms with Gasteiger partial charge in [0.15, 0.2) is 0 Å². The smallest absolute Gasteiger partial charge is 0.101 e. The number of anilines is 3. The van der Waals surface area contributed by atoms with E-state index in [1.807, 2.05) is 6.07 Å². The van der Waals surface area contributed by atoms with Crippen molar-refractivity contribution < 1.29 is 0 Å². The van der Waals surface area contributed by atoms with Gasteiger partial charge in [-0.2, -0.15) is 10.5 Å².